The Hall–Kier alpha value is -1.75. The van der Waals surface area contributed by atoms with Gasteiger partial charge in [-0.25, -0.2) is 9.97 Å². The molecule has 1 atom stereocenters. The van der Waals surface area contributed by atoms with Gasteiger partial charge in [0.25, 0.3) is 0 Å². The number of nitrogens with one attached hydrogen (secondary N) is 2. The average Bonchev–Trinajstić information content (AvgIpc) is 2.93. The lowest BCUT2D eigenvalue weighted by atomic mass is 9.98. The Kier molecular flexibility index (Phi) is 3.06. The molecule has 1 unspecified atom stereocenters. The van der Waals surface area contributed by atoms with Gasteiger partial charge < -0.3 is 5.32 Å². The van der Waals surface area contributed by atoms with Gasteiger partial charge in [0.2, 0.25) is 0 Å². The number of aromatic amines is 1. The smallest absolute Gasteiger partial charge is 0.133 e. The van der Waals surface area contributed by atoms with Crippen LogP contribution < -0.4 is 5.32 Å². The van der Waals surface area contributed by atoms with E-state index < -0.39 is 0 Å². The molecule has 2 N–H and O–H groups in total. The molecule has 0 aliphatic carbocycles. The van der Waals surface area contributed by atoms with Crippen LogP contribution in [0.2, 0.25) is 0 Å². The third kappa shape index (κ3) is 2.26. The fraction of sp³-hybridized carbons (Fsp3) is 0.462. The largest absolute Gasteiger partial charge is 0.316 e. The fourth-order valence-corrected chi connectivity index (χ4v) is 2.38. The van der Waals surface area contributed by atoms with Crippen LogP contribution in [0.4, 0.5) is 0 Å². The fourth-order valence-electron chi connectivity index (χ4n) is 2.38. The molecule has 0 radical (unpaired) electrons. The molecular formula is C13H17N5. The number of piperidine rings is 1. The third-order valence-electron chi connectivity index (χ3n) is 3.31. The Bertz CT molecular complexity index is 514. The van der Waals surface area contributed by atoms with Gasteiger partial charge in [0.1, 0.15) is 5.82 Å². The number of rotatable bonds is 2. The van der Waals surface area contributed by atoms with Crippen LogP contribution >= 0.6 is 0 Å². The van der Waals surface area contributed by atoms with Crippen molar-refractivity contribution >= 4 is 0 Å². The third-order valence-corrected chi connectivity index (χ3v) is 3.31. The summed E-state index contributed by atoms with van der Waals surface area (Å²) < 4.78 is 0. The summed E-state index contributed by atoms with van der Waals surface area (Å²) in [4.78, 5) is 9.26. The van der Waals surface area contributed by atoms with Crippen molar-refractivity contribution in [3.8, 4) is 11.4 Å². The van der Waals surface area contributed by atoms with Crippen molar-refractivity contribution in [2.24, 2.45) is 0 Å². The van der Waals surface area contributed by atoms with E-state index in [9.17, 15) is 0 Å². The quantitative estimate of drug-likeness (QED) is 0.841. The van der Waals surface area contributed by atoms with Crippen LogP contribution in [0.5, 0.6) is 0 Å². The van der Waals surface area contributed by atoms with Crippen molar-refractivity contribution in [1.82, 2.24) is 25.5 Å². The minimum Gasteiger partial charge on any atom is -0.316 e. The highest BCUT2D eigenvalue weighted by Gasteiger charge is 2.19. The van der Waals surface area contributed by atoms with Gasteiger partial charge in [-0.15, -0.1) is 0 Å². The van der Waals surface area contributed by atoms with Gasteiger partial charge in [0.15, 0.2) is 0 Å². The average molecular weight is 243 g/mol. The summed E-state index contributed by atoms with van der Waals surface area (Å²) in [5.41, 5.74) is 2.89. The van der Waals surface area contributed by atoms with E-state index >= 15 is 0 Å². The van der Waals surface area contributed by atoms with Crippen molar-refractivity contribution < 1.29 is 0 Å². The summed E-state index contributed by atoms with van der Waals surface area (Å²) in [5, 5.41) is 10.3. The highest BCUT2D eigenvalue weighted by molar-refractivity contribution is 5.53. The molecule has 1 aliphatic rings. The maximum Gasteiger partial charge on any atom is 0.133 e. The first-order valence-corrected chi connectivity index (χ1v) is 6.39. The van der Waals surface area contributed by atoms with E-state index in [1.807, 2.05) is 19.1 Å². The van der Waals surface area contributed by atoms with E-state index in [0.29, 0.717) is 5.92 Å². The molecule has 0 bridgehead atoms. The number of aryl methyl sites for hydroxylation is 1. The summed E-state index contributed by atoms with van der Waals surface area (Å²) in [6.45, 7) is 4.10. The van der Waals surface area contributed by atoms with Gasteiger partial charge in [-0.1, -0.05) is 0 Å². The lowest BCUT2D eigenvalue weighted by Crippen LogP contribution is -2.29. The van der Waals surface area contributed by atoms with Gasteiger partial charge in [-0.3, -0.25) is 5.10 Å². The molecule has 94 valence electrons. The molecule has 1 aliphatic heterocycles. The molecule has 18 heavy (non-hydrogen) atoms. The monoisotopic (exact) mass is 243 g/mol. The Morgan fingerprint density at radius 2 is 2.28 bits per heavy atom. The molecule has 0 saturated carbocycles. The van der Waals surface area contributed by atoms with E-state index in [0.717, 1.165) is 36.0 Å². The number of nitrogens with zero attached hydrogens (tertiary/aromatic N) is 3. The lowest BCUT2D eigenvalue weighted by molar-refractivity contribution is 0.446. The minimum atomic E-state index is 0.431. The van der Waals surface area contributed by atoms with E-state index in [1.54, 1.807) is 6.20 Å². The highest BCUT2D eigenvalue weighted by Crippen LogP contribution is 2.23. The van der Waals surface area contributed by atoms with Crippen LogP contribution in [0.25, 0.3) is 11.4 Å². The highest BCUT2D eigenvalue weighted by atomic mass is 15.1. The molecule has 1 fully saturated rings. The SMILES string of the molecule is Cc1cc(-c2ccn[nH]2)nc(C2CCCNC2)n1. The van der Waals surface area contributed by atoms with Crippen LogP contribution in [0.15, 0.2) is 18.3 Å². The van der Waals surface area contributed by atoms with Gasteiger partial charge in [0, 0.05) is 24.4 Å². The van der Waals surface area contributed by atoms with E-state index in [1.165, 1.54) is 12.8 Å². The van der Waals surface area contributed by atoms with Crippen molar-refractivity contribution in [3.63, 3.8) is 0 Å². The second kappa shape index (κ2) is 4.86. The normalized spacial score (nSPS) is 19.9. The van der Waals surface area contributed by atoms with Crippen LogP contribution in [0.3, 0.4) is 0 Å². The molecule has 2 aromatic rings. The van der Waals surface area contributed by atoms with Crippen molar-refractivity contribution in [3.05, 3.63) is 29.8 Å². The molecule has 1 saturated heterocycles. The Morgan fingerprint density at radius 1 is 1.33 bits per heavy atom. The molecule has 0 aromatic carbocycles. The van der Waals surface area contributed by atoms with Gasteiger partial charge in [-0.2, -0.15) is 5.10 Å². The Labute approximate surface area is 106 Å². The molecule has 2 aromatic heterocycles. The summed E-state index contributed by atoms with van der Waals surface area (Å²) in [6, 6.07) is 3.93. The first-order valence-electron chi connectivity index (χ1n) is 6.39. The first kappa shape index (κ1) is 11.3. The van der Waals surface area contributed by atoms with Crippen molar-refractivity contribution in [2.75, 3.05) is 13.1 Å². The Balaban J connectivity index is 1.95. The van der Waals surface area contributed by atoms with Crippen LogP contribution in [-0.4, -0.2) is 33.3 Å². The standard InChI is InChI=1S/C13H17N5/c1-9-7-12(11-4-6-15-18-11)17-13(16-9)10-3-2-5-14-8-10/h4,6-7,10,14H,2-3,5,8H2,1H3,(H,15,18). The van der Waals surface area contributed by atoms with Crippen LogP contribution in [-0.2, 0) is 0 Å². The van der Waals surface area contributed by atoms with E-state index in [2.05, 4.69) is 25.5 Å². The van der Waals surface area contributed by atoms with E-state index in [4.69, 9.17) is 0 Å². The molecule has 0 amide bonds. The lowest BCUT2D eigenvalue weighted by Gasteiger charge is -2.21. The predicted octanol–water partition coefficient (Wildman–Crippen LogP) is 1.64. The second-order valence-corrected chi connectivity index (χ2v) is 4.77. The summed E-state index contributed by atoms with van der Waals surface area (Å²) in [5.74, 6) is 1.38. The van der Waals surface area contributed by atoms with Gasteiger partial charge in [-0.05, 0) is 38.4 Å². The van der Waals surface area contributed by atoms with Crippen molar-refractivity contribution in [1.29, 1.82) is 0 Å². The molecule has 0 spiro atoms. The first-order chi connectivity index (χ1) is 8.83. The molecule has 5 heteroatoms. The summed E-state index contributed by atoms with van der Waals surface area (Å²) in [7, 11) is 0. The Morgan fingerprint density at radius 3 is 3.00 bits per heavy atom. The number of hydrogen-bond donors (Lipinski definition) is 2. The van der Waals surface area contributed by atoms with Crippen molar-refractivity contribution in [2.45, 2.75) is 25.7 Å². The van der Waals surface area contributed by atoms with Crippen LogP contribution in [0.1, 0.15) is 30.3 Å². The zero-order valence-electron chi connectivity index (χ0n) is 10.5. The molecule has 3 rings (SSSR count). The zero-order chi connectivity index (χ0) is 12.4. The number of hydrogen-bond acceptors (Lipinski definition) is 4. The summed E-state index contributed by atoms with van der Waals surface area (Å²) in [6.07, 6.45) is 4.11. The molecule has 3 heterocycles. The van der Waals surface area contributed by atoms with Gasteiger partial charge >= 0.3 is 0 Å². The van der Waals surface area contributed by atoms with E-state index in [-0.39, 0.29) is 0 Å². The minimum absolute atomic E-state index is 0.431. The van der Waals surface area contributed by atoms with Crippen LogP contribution in [0, 0.1) is 6.92 Å². The second-order valence-electron chi connectivity index (χ2n) is 4.77. The maximum absolute atomic E-state index is 4.68. The van der Waals surface area contributed by atoms with Gasteiger partial charge in [0.05, 0.1) is 11.4 Å². The topological polar surface area (TPSA) is 66.5 Å². The molecule has 5 nitrogen and oxygen atoms in total. The molecular weight excluding hydrogens is 226 g/mol. The zero-order valence-corrected chi connectivity index (χ0v) is 10.5. The maximum atomic E-state index is 4.68. The summed E-state index contributed by atoms with van der Waals surface area (Å²) >= 11 is 0. The predicted molar refractivity (Wildman–Crippen MR) is 69.2 cm³/mol. The number of H-pyrrole nitrogens is 1. The number of aromatic nitrogens is 4.